The highest BCUT2D eigenvalue weighted by molar-refractivity contribution is 9.10. The largest absolute Gasteiger partial charge is 0.382 e. The average molecular weight is 331 g/mol. The Balaban J connectivity index is 2.09. The summed E-state index contributed by atoms with van der Waals surface area (Å²) >= 11 is 2.91. The van der Waals surface area contributed by atoms with Crippen LogP contribution in [0.2, 0.25) is 0 Å². The molecule has 0 aliphatic heterocycles. The maximum Gasteiger partial charge on any atom is 0.246 e. The Morgan fingerprint density at radius 3 is 2.79 bits per heavy atom. The summed E-state index contributed by atoms with van der Waals surface area (Å²) in [7, 11) is 0. The first-order chi connectivity index (χ1) is 8.95. The number of hydrogen-bond acceptors (Lipinski definition) is 3. The minimum atomic E-state index is -0.853. The molecule has 2 rings (SSSR count). The summed E-state index contributed by atoms with van der Waals surface area (Å²) < 4.78 is 27.8. The van der Waals surface area contributed by atoms with Crippen molar-refractivity contribution in [1.82, 2.24) is 9.78 Å². The van der Waals surface area contributed by atoms with Crippen molar-refractivity contribution >= 4 is 33.3 Å². The van der Waals surface area contributed by atoms with Gasteiger partial charge < -0.3 is 11.1 Å². The molecule has 0 radical (unpaired) electrons. The summed E-state index contributed by atoms with van der Waals surface area (Å²) in [5, 5.41) is 6.14. The Bertz CT molecular complexity index is 629. The lowest BCUT2D eigenvalue weighted by molar-refractivity contribution is -0.116. The van der Waals surface area contributed by atoms with Gasteiger partial charge in [-0.25, -0.2) is 8.78 Å². The standard InChI is InChI=1S/C11H9BrF2N4O/c12-6-3-9(8(14)4-7(6)13)16-11(19)5-18-2-1-10(15)17-18/h1-4H,5H2,(H2,15,17)(H,16,19). The first-order valence-electron chi connectivity index (χ1n) is 5.19. The Labute approximate surface area is 115 Å². The summed E-state index contributed by atoms with van der Waals surface area (Å²) in [6.07, 6.45) is 1.52. The number of amides is 1. The van der Waals surface area contributed by atoms with Gasteiger partial charge in [0.15, 0.2) is 0 Å². The molecule has 0 aliphatic carbocycles. The van der Waals surface area contributed by atoms with Gasteiger partial charge in [-0.05, 0) is 28.1 Å². The molecule has 1 heterocycles. The van der Waals surface area contributed by atoms with Gasteiger partial charge in [0, 0.05) is 12.3 Å². The lowest BCUT2D eigenvalue weighted by Crippen LogP contribution is -2.20. The molecule has 2 aromatic rings. The Hall–Kier alpha value is -1.96. The molecule has 1 aromatic heterocycles. The number of nitrogens with two attached hydrogens (primary N) is 1. The number of carbonyl (C=O) groups excluding carboxylic acids is 1. The number of aromatic nitrogens is 2. The third kappa shape index (κ3) is 3.28. The third-order valence-corrected chi connectivity index (χ3v) is 2.86. The second-order valence-corrected chi connectivity index (χ2v) is 4.59. The normalized spacial score (nSPS) is 10.5. The zero-order valence-corrected chi connectivity index (χ0v) is 11.1. The van der Waals surface area contributed by atoms with Crippen LogP contribution in [0.4, 0.5) is 20.3 Å². The van der Waals surface area contributed by atoms with Crippen molar-refractivity contribution in [3.05, 3.63) is 40.5 Å². The topological polar surface area (TPSA) is 72.9 Å². The van der Waals surface area contributed by atoms with E-state index in [9.17, 15) is 13.6 Å². The van der Waals surface area contributed by atoms with Gasteiger partial charge in [0.05, 0.1) is 10.2 Å². The molecule has 3 N–H and O–H groups in total. The van der Waals surface area contributed by atoms with Crippen molar-refractivity contribution < 1.29 is 13.6 Å². The van der Waals surface area contributed by atoms with Crippen LogP contribution in [-0.2, 0) is 11.3 Å². The fourth-order valence-corrected chi connectivity index (χ4v) is 1.76. The molecular weight excluding hydrogens is 322 g/mol. The molecule has 0 saturated carbocycles. The lowest BCUT2D eigenvalue weighted by atomic mass is 10.3. The van der Waals surface area contributed by atoms with Gasteiger partial charge in [0.2, 0.25) is 5.91 Å². The van der Waals surface area contributed by atoms with E-state index in [0.29, 0.717) is 6.07 Å². The highest BCUT2D eigenvalue weighted by atomic mass is 79.9. The van der Waals surface area contributed by atoms with E-state index >= 15 is 0 Å². The maximum atomic E-state index is 13.4. The molecule has 19 heavy (non-hydrogen) atoms. The predicted molar refractivity (Wildman–Crippen MR) is 69.3 cm³/mol. The van der Waals surface area contributed by atoms with Crippen LogP contribution in [0.1, 0.15) is 0 Å². The van der Waals surface area contributed by atoms with Crippen molar-refractivity contribution in [2.45, 2.75) is 6.54 Å². The lowest BCUT2D eigenvalue weighted by Gasteiger charge is -2.07. The summed E-state index contributed by atoms with van der Waals surface area (Å²) in [6.45, 7) is -0.119. The van der Waals surface area contributed by atoms with Gasteiger partial charge >= 0.3 is 0 Å². The van der Waals surface area contributed by atoms with E-state index in [0.717, 1.165) is 6.07 Å². The predicted octanol–water partition coefficient (Wildman–Crippen LogP) is 2.14. The van der Waals surface area contributed by atoms with Crippen molar-refractivity contribution in [2.24, 2.45) is 0 Å². The van der Waals surface area contributed by atoms with Crippen molar-refractivity contribution in [1.29, 1.82) is 0 Å². The van der Waals surface area contributed by atoms with Crippen LogP contribution in [0.15, 0.2) is 28.9 Å². The zero-order chi connectivity index (χ0) is 14.0. The molecule has 100 valence electrons. The van der Waals surface area contributed by atoms with E-state index < -0.39 is 17.5 Å². The second kappa shape index (κ2) is 5.35. The fraction of sp³-hybridized carbons (Fsp3) is 0.0909. The molecule has 0 atom stereocenters. The van der Waals surface area contributed by atoms with E-state index in [2.05, 4.69) is 26.3 Å². The number of halogens is 3. The summed E-state index contributed by atoms with van der Waals surface area (Å²) in [5.74, 6) is -1.81. The minimum Gasteiger partial charge on any atom is -0.382 e. The molecule has 1 aromatic carbocycles. The van der Waals surface area contributed by atoms with Crippen LogP contribution < -0.4 is 11.1 Å². The number of hydrogen-bond donors (Lipinski definition) is 2. The fourth-order valence-electron chi connectivity index (χ4n) is 1.42. The van der Waals surface area contributed by atoms with Gasteiger partial charge in [-0.3, -0.25) is 9.48 Å². The van der Waals surface area contributed by atoms with E-state index in [1.807, 2.05) is 0 Å². The zero-order valence-electron chi connectivity index (χ0n) is 9.53. The van der Waals surface area contributed by atoms with Gasteiger partial charge in [0.1, 0.15) is 24.0 Å². The number of anilines is 2. The molecule has 0 aliphatic rings. The second-order valence-electron chi connectivity index (χ2n) is 3.73. The number of nitrogen functional groups attached to an aromatic ring is 1. The molecule has 0 spiro atoms. The molecule has 0 unspecified atom stereocenters. The SMILES string of the molecule is Nc1ccn(CC(=O)Nc2cc(Br)c(F)cc2F)n1. The Morgan fingerprint density at radius 2 is 2.16 bits per heavy atom. The van der Waals surface area contributed by atoms with E-state index in [-0.39, 0.29) is 22.5 Å². The summed E-state index contributed by atoms with van der Waals surface area (Å²) in [4.78, 5) is 11.7. The maximum absolute atomic E-state index is 13.4. The van der Waals surface area contributed by atoms with Crippen LogP contribution in [0, 0.1) is 11.6 Å². The summed E-state index contributed by atoms with van der Waals surface area (Å²) in [5.41, 5.74) is 5.28. The van der Waals surface area contributed by atoms with E-state index in [1.54, 1.807) is 0 Å². The number of nitrogens with zero attached hydrogens (tertiary/aromatic N) is 2. The van der Waals surface area contributed by atoms with Crippen LogP contribution in [0.3, 0.4) is 0 Å². The smallest absolute Gasteiger partial charge is 0.246 e. The summed E-state index contributed by atoms with van der Waals surface area (Å²) in [6, 6.07) is 3.37. The van der Waals surface area contributed by atoms with Crippen LogP contribution in [0.5, 0.6) is 0 Å². The van der Waals surface area contributed by atoms with Gasteiger partial charge in [0.25, 0.3) is 0 Å². The quantitative estimate of drug-likeness (QED) is 0.847. The van der Waals surface area contributed by atoms with Crippen molar-refractivity contribution in [2.75, 3.05) is 11.1 Å². The van der Waals surface area contributed by atoms with E-state index in [4.69, 9.17) is 5.73 Å². The Morgan fingerprint density at radius 1 is 1.42 bits per heavy atom. The van der Waals surface area contributed by atoms with Gasteiger partial charge in [-0.1, -0.05) is 0 Å². The molecule has 5 nitrogen and oxygen atoms in total. The highest BCUT2D eigenvalue weighted by Crippen LogP contribution is 2.23. The monoisotopic (exact) mass is 330 g/mol. The molecule has 8 heteroatoms. The Kier molecular flexibility index (Phi) is 3.79. The highest BCUT2D eigenvalue weighted by Gasteiger charge is 2.11. The van der Waals surface area contributed by atoms with Gasteiger partial charge in [-0.15, -0.1) is 0 Å². The van der Waals surface area contributed by atoms with Crippen LogP contribution in [0.25, 0.3) is 0 Å². The first kappa shape index (κ1) is 13.5. The number of nitrogens with one attached hydrogen (secondary N) is 1. The average Bonchev–Trinajstić information content (AvgIpc) is 2.71. The van der Waals surface area contributed by atoms with Gasteiger partial charge in [-0.2, -0.15) is 5.10 Å². The van der Waals surface area contributed by atoms with E-state index in [1.165, 1.54) is 16.9 Å². The minimum absolute atomic E-state index is 0.0625. The van der Waals surface area contributed by atoms with Crippen LogP contribution >= 0.6 is 15.9 Å². The molecule has 0 saturated heterocycles. The number of carbonyl (C=O) groups is 1. The first-order valence-corrected chi connectivity index (χ1v) is 5.98. The third-order valence-electron chi connectivity index (χ3n) is 2.25. The molecule has 0 fully saturated rings. The number of benzene rings is 1. The van der Waals surface area contributed by atoms with Crippen LogP contribution in [-0.4, -0.2) is 15.7 Å². The van der Waals surface area contributed by atoms with Crippen molar-refractivity contribution in [3.63, 3.8) is 0 Å². The molecular formula is C11H9BrF2N4O. The van der Waals surface area contributed by atoms with Crippen molar-refractivity contribution in [3.8, 4) is 0 Å². The number of rotatable bonds is 3. The molecule has 1 amide bonds. The molecule has 0 bridgehead atoms.